The Morgan fingerprint density at radius 3 is 2.47 bits per heavy atom. The minimum absolute atomic E-state index is 0.157. The Labute approximate surface area is 188 Å². The average molecular weight is 456 g/mol. The molecule has 1 fully saturated rings. The SMILES string of the molecule is C#Cc1cccc(NC(=O)CNC(=O)CCc2ccc(S(=O)(=O)N3CCOCC3)cc2)c1. The normalized spacial score (nSPS) is 14.3. The summed E-state index contributed by atoms with van der Waals surface area (Å²) in [7, 11) is -3.54. The summed E-state index contributed by atoms with van der Waals surface area (Å²) in [4.78, 5) is 24.3. The van der Waals surface area contributed by atoms with E-state index in [0.717, 1.165) is 5.56 Å². The van der Waals surface area contributed by atoms with Crippen LogP contribution in [0.2, 0.25) is 0 Å². The number of nitrogens with zero attached hydrogens (tertiary/aromatic N) is 1. The highest BCUT2D eigenvalue weighted by atomic mass is 32.2. The third kappa shape index (κ3) is 6.40. The molecule has 0 saturated carbocycles. The highest BCUT2D eigenvalue weighted by Crippen LogP contribution is 2.18. The van der Waals surface area contributed by atoms with E-state index in [1.807, 2.05) is 0 Å². The van der Waals surface area contributed by atoms with Gasteiger partial charge >= 0.3 is 0 Å². The summed E-state index contributed by atoms with van der Waals surface area (Å²) < 4.78 is 31.9. The molecule has 3 rings (SSSR count). The van der Waals surface area contributed by atoms with Crippen LogP contribution in [0.5, 0.6) is 0 Å². The zero-order valence-electron chi connectivity index (χ0n) is 17.5. The molecule has 168 valence electrons. The van der Waals surface area contributed by atoms with Gasteiger partial charge in [-0.05, 0) is 42.3 Å². The van der Waals surface area contributed by atoms with Crippen LogP contribution in [0.15, 0.2) is 53.4 Å². The Bertz CT molecular complexity index is 1100. The molecule has 2 N–H and O–H groups in total. The molecule has 0 bridgehead atoms. The van der Waals surface area contributed by atoms with Crippen LogP contribution in [-0.2, 0) is 30.8 Å². The monoisotopic (exact) mass is 455 g/mol. The molecule has 0 aliphatic carbocycles. The van der Waals surface area contributed by atoms with E-state index in [1.54, 1.807) is 48.5 Å². The molecule has 0 radical (unpaired) electrons. The zero-order valence-corrected chi connectivity index (χ0v) is 18.4. The first kappa shape index (κ1) is 23.5. The van der Waals surface area contributed by atoms with Crippen LogP contribution >= 0.6 is 0 Å². The van der Waals surface area contributed by atoms with E-state index >= 15 is 0 Å². The first-order valence-electron chi connectivity index (χ1n) is 10.2. The lowest BCUT2D eigenvalue weighted by Crippen LogP contribution is -2.40. The van der Waals surface area contributed by atoms with Crippen LogP contribution in [0.4, 0.5) is 5.69 Å². The van der Waals surface area contributed by atoms with Crippen LogP contribution in [-0.4, -0.2) is 57.4 Å². The van der Waals surface area contributed by atoms with Crippen molar-refractivity contribution in [2.24, 2.45) is 0 Å². The van der Waals surface area contributed by atoms with Crippen LogP contribution in [0.1, 0.15) is 17.5 Å². The van der Waals surface area contributed by atoms with Gasteiger partial charge in [-0.1, -0.05) is 24.1 Å². The predicted octanol–water partition coefficient (Wildman–Crippen LogP) is 1.38. The average Bonchev–Trinajstić information content (AvgIpc) is 2.82. The fourth-order valence-electron chi connectivity index (χ4n) is 3.18. The first-order chi connectivity index (χ1) is 15.4. The standard InChI is InChI=1S/C23H25N3O5S/c1-2-18-4-3-5-20(16-18)25-23(28)17-24-22(27)11-8-19-6-9-21(10-7-19)32(29,30)26-12-14-31-15-13-26/h1,3-7,9-10,16H,8,11-15,17H2,(H,24,27)(H,25,28). The van der Waals surface area contributed by atoms with E-state index in [9.17, 15) is 18.0 Å². The Hall–Kier alpha value is -3.19. The summed E-state index contributed by atoms with van der Waals surface area (Å²) in [6.07, 6.45) is 5.94. The number of terminal acetylenes is 1. The largest absolute Gasteiger partial charge is 0.379 e. The van der Waals surface area contributed by atoms with Gasteiger partial charge in [0.15, 0.2) is 0 Å². The lowest BCUT2D eigenvalue weighted by Gasteiger charge is -2.26. The molecule has 9 heteroatoms. The molecule has 1 saturated heterocycles. The maximum Gasteiger partial charge on any atom is 0.243 e. The molecule has 1 heterocycles. The Morgan fingerprint density at radius 2 is 1.78 bits per heavy atom. The second-order valence-corrected chi connectivity index (χ2v) is 9.15. The number of ether oxygens (including phenoxy) is 1. The molecule has 1 aliphatic heterocycles. The van der Waals surface area contributed by atoms with E-state index in [4.69, 9.17) is 11.2 Å². The van der Waals surface area contributed by atoms with Crippen molar-refractivity contribution in [3.05, 3.63) is 59.7 Å². The fourth-order valence-corrected chi connectivity index (χ4v) is 4.59. The van der Waals surface area contributed by atoms with Gasteiger partial charge < -0.3 is 15.4 Å². The van der Waals surface area contributed by atoms with Crippen molar-refractivity contribution in [1.82, 2.24) is 9.62 Å². The number of anilines is 1. The third-order valence-corrected chi connectivity index (χ3v) is 6.84. The number of hydrogen-bond acceptors (Lipinski definition) is 5. The van der Waals surface area contributed by atoms with Gasteiger partial charge in [-0.25, -0.2) is 8.42 Å². The number of sulfonamides is 1. The molecule has 2 aromatic carbocycles. The lowest BCUT2D eigenvalue weighted by atomic mass is 10.1. The van der Waals surface area contributed by atoms with Gasteiger partial charge in [0, 0.05) is 30.8 Å². The van der Waals surface area contributed by atoms with Gasteiger partial charge in [-0.2, -0.15) is 4.31 Å². The van der Waals surface area contributed by atoms with Gasteiger partial charge in [-0.15, -0.1) is 6.42 Å². The number of morpholine rings is 1. The smallest absolute Gasteiger partial charge is 0.243 e. The third-order valence-electron chi connectivity index (χ3n) is 4.93. The number of nitrogens with one attached hydrogen (secondary N) is 2. The number of rotatable bonds is 8. The number of carbonyl (C=O) groups excluding carboxylic acids is 2. The van der Waals surface area contributed by atoms with Gasteiger partial charge in [0.1, 0.15) is 0 Å². The molecular weight excluding hydrogens is 430 g/mol. The summed E-state index contributed by atoms with van der Waals surface area (Å²) in [6.45, 7) is 1.31. The number of hydrogen-bond donors (Lipinski definition) is 2. The van der Waals surface area contributed by atoms with Crippen molar-refractivity contribution in [2.45, 2.75) is 17.7 Å². The summed E-state index contributed by atoms with van der Waals surface area (Å²) in [5.41, 5.74) is 2.04. The molecule has 1 aliphatic rings. The highest BCUT2D eigenvalue weighted by Gasteiger charge is 2.26. The molecule has 0 unspecified atom stereocenters. The summed E-state index contributed by atoms with van der Waals surface area (Å²) in [5.74, 6) is 1.86. The van der Waals surface area contributed by atoms with E-state index < -0.39 is 10.0 Å². The number of carbonyl (C=O) groups is 2. The Balaban J connectivity index is 1.44. The van der Waals surface area contributed by atoms with Gasteiger partial charge in [-0.3, -0.25) is 9.59 Å². The molecule has 2 amide bonds. The second kappa shape index (κ2) is 10.9. The summed E-state index contributed by atoms with van der Waals surface area (Å²) in [6, 6.07) is 13.4. The molecule has 32 heavy (non-hydrogen) atoms. The quantitative estimate of drug-likeness (QED) is 0.585. The number of aryl methyl sites for hydroxylation is 1. The topological polar surface area (TPSA) is 105 Å². The number of amides is 2. The lowest BCUT2D eigenvalue weighted by molar-refractivity contribution is -0.124. The molecular formula is C23H25N3O5S. The maximum atomic E-state index is 12.6. The molecule has 0 aromatic heterocycles. The van der Waals surface area contributed by atoms with E-state index in [2.05, 4.69) is 16.6 Å². The van der Waals surface area contributed by atoms with Crippen LogP contribution in [0.3, 0.4) is 0 Å². The van der Waals surface area contributed by atoms with Crippen LogP contribution in [0, 0.1) is 12.3 Å². The van der Waals surface area contributed by atoms with Crippen LogP contribution in [0.25, 0.3) is 0 Å². The van der Waals surface area contributed by atoms with Crippen molar-refractivity contribution < 1.29 is 22.7 Å². The number of benzene rings is 2. The van der Waals surface area contributed by atoms with Gasteiger partial charge in [0.2, 0.25) is 21.8 Å². The minimum atomic E-state index is -3.54. The molecule has 2 aromatic rings. The van der Waals surface area contributed by atoms with Crippen molar-refractivity contribution in [3.8, 4) is 12.3 Å². The van der Waals surface area contributed by atoms with Crippen molar-refractivity contribution in [3.63, 3.8) is 0 Å². The van der Waals surface area contributed by atoms with E-state index in [0.29, 0.717) is 44.0 Å². The van der Waals surface area contributed by atoms with Crippen molar-refractivity contribution in [2.75, 3.05) is 38.2 Å². The fraction of sp³-hybridized carbons (Fsp3) is 0.304. The second-order valence-electron chi connectivity index (χ2n) is 7.21. The zero-order chi connectivity index (χ0) is 23.0. The van der Waals surface area contributed by atoms with Gasteiger partial charge in [0.25, 0.3) is 0 Å². The minimum Gasteiger partial charge on any atom is -0.379 e. The van der Waals surface area contributed by atoms with Crippen molar-refractivity contribution in [1.29, 1.82) is 0 Å². The van der Waals surface area contributed by atoms with Gasteiger partial charge in [0.05, 0.1) is 24.7 Å². The molecule has 0 spiro atoms. The maximum absolute atomic E-state index is 12.6. The first-order valence-corrected chi connectivity index (χ1v) is 11.6. The summed E-state index contributed by atoms with van der Waals surface area (Å²) in [5, 5.41) is 5.25. The molecule has 0 atom stereocenters. The van der Waals surface area contributed by atoms with E-state index in [1.165, 1.54) is 4.31 Å². The Kier molecular flexibility index (Phi) is 8.00. The molecule has 8 nitrogen and oxygen atoms in total. The highest BCUT2D eigenvalue weighted by molar-refractivity contribution is 7.89. The van der Waals surface area contributed by atoms with E-state index in [-0.39, 0.29) is 29.7 Å². The van der Waals surface area contributed by atoms with Crippen LogP contribution < -0.4 is 10.6 Å². The summed E-state index contributed by atoms with van der Waals surface area (Å²) >= 11 is 0. The predicted molar refractivity (Wildman–Crippen MR) is 120 cm³/mol. The Morgan fingerprint density at radius 1 is 1.06 bits per heavy atom. The van der Waals surface area contributed by atoms with Crippen molar-refractivity contribution >= 4 is 27.5 Å².